The third-order valence-corrected chi connectivity index (χ3v) is 2.60. The average Bonchev–Trinajstić information content (AvgIpc) is 2.65. The summed E-state index contributed by atoms with van der Waals surface area (Å²) in [6.45, 7) is 2.53. The second kappa shape index (κ2) is 3.58. The lowest BCUT2D eigenvalue weighted by atomic mass is 10.0. The maximum absolute atomic E-state index is 11.3. The molecular weight excluding hydrogens is 196 g/mol. The van der Waals surface area contributed by atoms with Crippen molar-refractivity contribution in [2.75, 3.05) is 6.61 Å². The van der Waals surface area contributed by atoms with Crippen molar-refractivity contribution in [3.63, 3.8) is 0 Å². The smallest absolute Gasteiger partial charge is 0.251 e. The highest BCUT2D eigenvalue weighted by molar-refractivity contribution is 5.71. The van der Waals surface area contributed by atoms with Crippen LogP contribution in [0.25, 0.3) is 0 Å². The van der Waals surface area contributed by atoms with Crippen LogP contribution in [0.4, 0.5) is 0 Å². The van der Waals surface area contributed by atoms with Gasteiger partial charge in [0.1, 0.15) is 17.1 Å². The number of nitrogens with zero attached hydrogens (tertiary/aromatic N) is 1. The van der Waals surface area contributed by atoms with Gasteiger partial charge in [-0.25, -0.2) is 4.98 Å². The number of hydrogen-bond acceptors (Lipinski definition) is 4. The highest BCUT2D eigenvalue weighted by Crippen LogP contribution is 2.32. The van der Waals surface area contributed by atoms with E-state index in [1.54, 1.807) is 0 Å². The molecule has 2 heterocycles. The zero-order chi connectivity index (χ0) is 10.9. The fraction of sp³-hybridized carbons (Fsp3) is 0.500. The monoisotopic (exact) mass is 208 g/mol. The lowest BCUT2D eigenvalue weighted by molar-refractivity contribution is 0.00904. The Morgan fingerprint density at radius 3 is 3.07 bits per heavy atom. The number of aldehydes is 1. The van der Waals surface area contributed by atoms with Crippen molar-refractivity contribution in [3.8, 4) is 0 Å². The molecule has 2 rings (SSSR count). The molecule has 1 aromatic rings. The van der Waals surface area contributed by atoms with Crippen LogP contribution < -0.4 is 5.56 Å². The lowest BCUT2D eigenvalue weighted by Crippen LogP contribution is -2.27. The summed E-state index contributed by atoms with van der Waals surface area (Å²) in [5.74, 6) is 0.439. The van der Waals surface area contributed by atoms with Crippen LogP contribution in [0.15, 0.2) is 10.9 Å². The molecule has 0 spiro atoms. The molecule has 1 aromatic heterocycles. The summed E-state index contributed by atoms with van der Waals surface area (Å²) in [5, 5.41) is 0. The summed E-state index contributed by atoms with van der Waals surface area (Å²) >= 11 is 0. The molecule has 5 nitrogen and oxygen atoms in total. The average molecular weight is 208 g/mol. The number of rotatable bonds is 2. The molecule has 1 aliphatic rings. The molecular formula is C10H12N2O3. The van der Waals surface area contributed by atoms with Gasteiger partial charge in [0.25, 0.3) is 5.56 Å². The van der Waals surface area contributed by atoms with Gasteiger partial charge in [0, 0.05) is 12.7 Å². The van der Waals surface area contributed by atoms with Crippen molar-refractivity contribution in [1.82, 2.24) is 9.97 Å². The van der Waals surface area contributed by atoms with Crippen molar-refractivity contribution in [2.24, 2.45) is 0 Å². The van der Waals surface area contributed by atoms with Crippen LogP contribution >= 0.6 is 0 Å². The Morgan fingerprint density at radius 2 is 2.47 bits per heavy atom. The van der Waals surface area contributed by atoms with E-state index in [4.69, 9.17) is 4.74 Å². The highest BCUT2D eigenvalue weighted by Gasteiger charge is 2.34. The molecule has 1 fully saturated rings. The molecule has 1 saturated heterocycles. The maximum atomic E-state index is 11.3. The molecule has 0 amide bonds. The van der Waals surface area contributed by atoms with Gasteiger partial charge < -0.3 is 9.72 Å². The number of nitrogens with one attached hydrogen (secondary N) is 1. The molecule has 0 aliphatic carbocycles. The number of ether oxygens (including phenoxy) is 1. The number of hydrogen-bond donors (Lipinski definition) is 1. The van der Waals surface area contributed by atoms with E-state index in [1.807, 2.05) is 6.92 Å². The standard InChI is InChI=1S/C10H12N2O3/c1-10(3-2-4-15-10)9-11-7(6-13)5-8(14)12-9/h5-6H,2-4H2,1H3,(H,11,12,14). The van der Waals surface area contributed by atoms with Crippen LogP contribution in [0.2, 0.25) is 0 Å². The van der Waals surface area contributed by atoms with Gasteiger partial charge in [-0.15, -0.1) is 0 Å². The van der Waals surface area contributed by atoms with Crippen LogP contribution in [0.5, 0.6) is 0 Å². The maximum Gasteiger partial charge on any atom is 0.251 e. The van der Waals surface area contributed by atoms with Gasteiger partial charge in [0.05, 0.1) is 0 Å². The summed E-state index contributed by atoms with van der Waals surface area (Å²) in [7, 11) is 0. The van der Waals surface area contributed by atoms with Gasteiger partial charge in [-0.1, -0.05) is 0 Å². The van der Waals surface area contributed by atoms with Crippen LogP contribution in [-0.2, 0) is 10.3 Å². The van der Waals surface area contributed by atoms with E-state index in [2.05, 4.69) is 9.97 Å². The molecule has 80 valence electrons. The first-order valence-electron chi connectivity index (χ1n) is 4.85. The predicted octanol–water partition coefficient (Wildman–Crippen LogP) is 0.608. The van der Waals surface area contributed by atoms with Crippen molar-refractivity contribution in [1.29, 1.82) is 0 Å². The Balaban J connectivity index is 2.47. The van der Waals surface area contributed by atoms with Crippen molar-refractivity contribution >= 4 is 6.29 Å². The van der Waals surface area contributed by atoms with Crippen LogP contribution in [0, 0.1) is 0 Å². The Morgan fingerprint density at radius 1 is 1.67 bits per heavy atom. The van der Waals surface area contributed by atoms with E-state index in [0.717, 1.165) is 12.8 Å². The molecule has 15 heavy (non-hydrogen) atoms. The summed E-state index contributed by atoms with van der Waals surface area (Å²) in [6.07, 6.45) is 2.31. The number of H-pyrrole nitrogens is 1. The van der Waals surface area contributed by atoms with E-state index < -0.39 is 5.60 Å². The summed E-state index contributed by atoms with van der Waals surface area (Å²) in [4.78, 5) is 28.5. The van der Waals surface area contributed by atoms with Gasteiger partial charge in [0.15, 0.2) is 6.29 Å². The van der Waals surface area contributed by atoms with Gasteiger partial charge in [0.2, 0.25) is 0 Å². The summed E-state index contributed by atoms with van der Waals surface area (Å²) in [5.41, 5.74) is -0.734. The van der Waals surface area contributed by atoms with Crippen molar-refractivity contribution in [2.45, 2.75) is 25.4 Å². The van der Waals surface area contributed by atoms with E-state index in [9.17, 15) is 9.59 Å². The largest absolute Gasteiger partial charge is 0.367 e. The van der Waals surface area contributed by atoms with Crippen LogP contribution in [0.3, 0.4) is 0 Å². The highest BCUT2D eigenvalue weighted by atomic mass is 16.5. The minimum atomic E-state index is -0.557. The molecule has 0 aromatic carbocycles. The second-order valence-corrected chi connectivity index (χ2v) is 3.82. The molecule has 0 saturated carbocycles. The fourth-order valence-corrected chi connectivity index (χ4v) is 1.75. The van der Waals surface area contributed by atoms with E-state index in [0.29, 0.717) is 18.7 Å². The summed E-state index contributed by atoms with van der Waals surface area (Å²) < 4.78 is 5.53. The minimum absolute atomic E-state index is 0.144. The number of aromatic amines is 1. The van der Waals surface area contributed by atoms with E-state index >= 15 is 0 Å². The van der Waals surface area contributed by atoms with Gasteiger partial charge in [-0.2, -0.15) is 0 Å². The first kappa shape index (κ1) is 10.0. The fourth-order valence-electron chi connectivity index (χ4n) is 1.75. The van der Waals surface area contributed by atoms with Crippen molar-refractivity contribution in [3.05, 3.63) is 27.9 Å². The molecule has 1 aliphatic heterocycles. The van der Waals surface area contributed by atoms with Crippen LogP contribution in [-0.4, -0.2) is 22.9 Å². The Labute approximate surface area is 86.5 Å². The van der Waals surface area contributed by atoms with Gasteiger partial charge in [-0.3, -0.25) is 9.59 Å². The zero-order valence-corrected chi connectivity index (χ0v) is 8.45. The Hall–Kier alpha value is -1.49. The minimum Gasteiger partial charge on any atom is -0.367 e. The third kappa shape index (κ3) is 1.83. The molecule has 0 radical (unpaired) electrons. The van der Waals surface area contributed by atoms with E-state index in [1.165, 1.54) is 6.07 Å². The molecule has 5 heteroatoms. The number of carbonyl (C=O) groups is 1. The molecule has 1 unspecified atom stereocenters. The SMILES string of the molecule is CC1(c2nc(C=O)cc(=O)[nH]2)CCCO1. The first-order valence-corrected chi connectivity index (χ1v) is 4.85. The Bertz CT molecular complexity index is 433. The topological polar surface area (TPSA) is 72.0 Å². The summed E-state index contributed by atoms with van der Waals surface area (Å²) in [6, 6.07) is 1.18. The van der Waals surface area contributed by atoms with Crippen LogP contribution in [0.1, 0.15) is 36.1 Å². The normalized spacial score (nSPS) is 25.4. The molecule has 0 bridgehead atoms. The zero-order valence-electron chi connectivity index (χ0n) is 8.45. The third-order valence-electron chi connectivity index (χ3n) is 2.60. The molecule has 1 N–H and O–H groups in total. The molecule has 1 atom stereocenters. The first-order chi connectivity index (χ1) is 7.14. The van der Waals surface area contributed by atoms with E-state index in [-0.39, 0.29) is 11.3 Å². The second-order valence-electron chi connectivity index (χ2n) is 3.82. The lowest BCUT2D eigenvalue weighted by Gasteiger charge is -2.21. The number of carbonyl (C=O) groups excluding carboxylic acids is 1. The van der Waals surface area contributed by atoms with Gasteiger partial charge >= 0.3 is 0 Å². The van der Waals surface area contributed by atoms with Crippen molar-refractivity contribution < 1.29 is 9.53 Å². The Kier molecular flexibility index (Phi) is 2.40. The number of aromatic nitrogens is 2. The quantitative estimate of drug-likeness (QED) is 0.723. The predicted molar refractivity (Wildman–Crippen MR) is 52.8 cm³/mol. The van der Waals surface area contributed by atoms with Gasteiger partial charge in [-0.05, 0) is 19.8 Å².